The van der Waals surface area contributed by atoms with Crippen LogP contribution in [0.1, 0.15) is 45.1 Å². The van der Waals surface area contributed by atoms with Crippen molar-refractivity contribution < 1.29 is 0 Å². The van der Waals surface area contributed by atoms with Crippen LogP contribution in [-0.2, 0) is 6.42 Å². The van der Waals surface area contributed by atoms with Gasteiger partial charge in [0.25, 0.3) is 0 Å². The molecule has 1 aliphatic rings. The molecule has 0 atom stereocenters. The van der Waals surface area contributed by atoms with Crippen molar-refractivity contribution >= 4 is 12.2 Å². The summed E-state index contributed by atoms with van der Waals surface area (Å²) in [6.07, 6.45) is 13.1. The number of unbranched alkanes of at least 4 members (excludes halogenated alkanes) is 1. The van der Waals surface area contributed by atoms with Crippen molar-refractivity contribution in [2.24, 2.45) is 0 Å². The standard InChI is InChI=1S/C17H22/c1-3-5-7-14-10-12-16-9-6-8-15(4-2)17(16)13-11-14/h6,8-9,11-13H,3-5,7,10H2,1-2H3. The lowest BCUT2D eigenvalue weighted by molar-refractivity contribution is 0.780. The van der Waals surface area contributed by atoms with Crippen molar-refractivity contribution in [1.29, 1.82) is 0 Å². The molecule has 0 N–H and O–H groups in total. The number of hydrogen-bond acceptors (Lipinski definition) is 0. The molecule has 0 fully saturated rings. The molecule has 0 radical (unpaired) electrons. The molecule has 1 aliphatic carbocycles. The van der Waals surface area contributed by atoms with E-state index in [4.69, 9.17) is 0 Å². The monoisotopic (exact) mass is 226 g/mol. The minimum absolute atomic E-state index is 1.12. The van der Waals surface area contributed by atoms with Gasteiger partial charge in [-0.1, -0.05) is 62.3 Å². The van der Waals surface area contributed by atoms with E-state index in [-0.39, 0.29) is 0 Å². The average molecular weight is 226 g/mol. The predicted molar refractivity (Wildman–Crippen MR) is 76.2 cm³/mol. The normalized spacial score (nSPS) is 14.1. The molecular weight excluding hydrogens is 204 g/mol. The number of aryl methyl sites for hydroxylation is 1. The third-order valence-corrected chi connectivity index (χ3v) is 3.53. The molecule has 0 saturated heterocycles. The van der Waals surface area contributed by atoms with Crippen LogP contribution in [0.3, 0.4) is 0 Å². The van der Waals surface area contributed by atoms with E-state index in [9.17, 15) is 0 Å². The summed E-state index contributed by atoms with van der Waals surface area (Å²) < 4.78 is 0. The molecule has 1 aromatic rings. The topological polar surface area (TPSA) is 0 Å². The van der Waals surface area contributed by atoms with Crippen molar-refractivity contribution in [3.63, 3.8) is 0 Å². The second-order valence-corrected chi connectivity index (χ2v) is 4.78. The SMILES string of the molecule is CCCCC1=CC=c2c(CC)cccc2=CC1. The predicted octanol–water partition coefficient (Wildman–Crippen LogP) is 3.33. The van der Waals surface area contributed by atoms with Gasteiger partial charge in [-0.3, -0.25) is 0 Å². The van der Waals surface area contributed by atoms with Gasteiger partial charge in [0.05, 0.1) is 0 Å². The van der Waals surface area contributed by atoms with E-state index < -0.39 is 0 Å². The number of allylic oxidation sites excluding steroid dienone is 2. The molecular formula is C17H22. The second-order valence-electron chi connectivity index (χ2n) is 4.78. The summed E-state index contributed by atoms with van der Waals surface area (Å²) >= 11 is 0. The summed E-state index contributed by atoms with van der Waals surface area (Å²) in [5, 5.41) is 2.84. The molecule has 0 spiro atoms. The van der Waals surface area contributed by atoms with E-state index >= 15 is 0 Å². The molecule has 0 aromatic heterocycles. The van der Waals surface area contributed by atoms with Crippen molar-refractivity contribution in [3.8, 4) is 0 Å². The number of rotatable bonds is 4. The van der Waals surface area contributed by atoms with Crippen molar-refractivity contribution in [3.05, 3.63) is 45.8 Å². The second kappa shape index (κ2) is 5.86. The molecule has 90 valence electrons. The summed E-state index contributed by atoms with van der Waals surface area (Å²) in [4.78, 5) is 0. The quantitative estimate of drug-likeness (QED) is 0.739. The van der Waals surface area contributed by atoms with E-state index in [0.717, 1.165) is 12.8 Å². The number of fused-ring (bicyclic) bond motifs is 1. The zero-order valence-corrected chi connectivity index (χ0v) is 11.0. The van der Waals surface area contributed by atoms with Gasteiger partial charge in [-0.25, -0.2) is 0 Å². The van der Waals surface area contributed by atoms with Gasteiger partial charge in [0, 0.05) is 0 Å². The Morgan fingerprint density at radius 3 is 2.76 bits per heavy atom. The highest BCUT2D eigenvalue weighted by molar-refractivity contribution is 5.49. The van der Waals surface area contributed by atoms with Crippen LogP contribution in [0, 0.1) is 0 Å². The highest BCUT2D eigenvalue weighted by atomic mass is 14.1. The van der Waals surface area contributed by atoms with Gasteiger partial charge in [0.15, 0.2) is 0 Å². The maximum atomic E-state index is 2.39. The fourth-order valence-corrected chi connectivity index (χ4v) is 2.42. The van der Waals surface area contributed by atoms with Crippen LogP contribution in [-0.4, -0.2) is 0 Å². The van der Waals surface area contributed by atoms with Crippen LogP contribution < -0.4 is 10.4 Å². The Bertz CT molecular complexity index is 517. The van der Waals surface area contributed by atoms with Gasteiger partial charge < -0.3 is 0 Å². The Morgan fingerprint density at radius 2 is 2.00 bits per heavy atom. The van der Waals surface area contributed by atoms with Gasteiger partial charge >= 0.3 is 0 Å². The highest BCUT2D eigenvalue weighted by Crippen LogP contribution is 2.13. The average Bonchev–Trinajstić information content (AvgIpc) is 2.58. The Morgan fingerprint density at radius 1 is 1.12 bits per heavy atom. The maximum Gasteiger partial charge on any atom is -0.0126 e. The van der Waals surface area contributed by atoms with Crippen molar-refractivity contribution in [2.75, 3.05) is 0 Å². The minimum atomic E-state index is 1.12. The summed E-state index contributed by atoms with van der Waals surface area (Å²) in [6.45, 7) is 4.49. The molecule has 17 heavy (non-hydrogen) atoms. The fraction of sp³-hybridized carbons (Fsp3) is 0.412. The van der Waals surface area contributed by atoms with E-state index in [2.05, 4.69) is 50.3 Å². The summed E-state index contributed by atoms with van der Waals surface area (Å²) in [5.74, 6) is 0. The smallest absolute Gasteiger partial charge is 0.0126 e. The Balaban J connectivity index is 2.38. The van der Waals surface area contributed by atoms with Crippen molar-refractivity contribution in [1.82, 2.24) is 0 Å². The first-order valence-corrected chi connectivity index (χ1v) is 6.83. The molecule has 0 heterocycles. The van der Waals surface area contributed by atoms with Gasteiger partial charge in [-0.05, 0) is 41.7 Å². The third-order valence-electron chi connectivity index (χ3n) is 3.53. The molecule has 0 amide bonds. The lowest BCUT2D eigenvalue weighted by Crippen LogP contribution is -2.27. The third kappa shape index (κ3) is 2.88. The Hall–Kier alpha value is -1.30. The van der Waals surface area contributed by atoms with Crippen LogP contribution in [0.4, 0.5) is 0 Å². The lowest BCUT2D eigenvalue weighted by Gasteiger charge is -2.00. The number of benzene rings is 1. The molecule has 0 heteroatoms. The zero-order valence-electron chi connectivity index (χ0n) is 11.0. The minimum Gasteiger partial charge on any atom is -0.0726 e. The molecule has 0 saturated carbocycles. The van der Waals surface area contributed by atoms with E-state index in [1.807, 2.05) is 0 Å². The molecule has 0 nitrogen and oxygen atoms in total. The summed E-state index contributed by atoms with van der Waals surface area (Å²) in [5.41, 5.74) is 3.04. The maximum absolute atomic E-state index is 2.39. The first-order chi connectivity index (χ1) is 8.35. The fourth-order valence-electron chi connectivity index (χ4n) is 2.42. The van der Waals surface area contributed by atoms with Crippen molar-refractivity contribution in [2.45, 2.75) is 46.0 Å². The van der Waals surface area contributed by atoms with Gasteiger partial charge in [0.2, 0.25) is 0 Å². The van der Waals surface area contributed by atoms with Crippen LogP contribution in [0.25, 0.3) is 12.2 Å². The van der Waals surface area contributed by atoms with Gasteiger partial charge in [-0.15, -0.1) is 0 Å². The first-order valence-electron chi connectivity index (χ1n) is 6.83. The Labute approximate surface area is 104 Å². The van der Waals surface area contributed by atoms with Crippen LogP contribution >= 0.6 is 0 Å². The molecule has 0 bridgehead atoms. The summed E-state index contributed by atoms with van der Waals surface area (Å²) in [6, 6.07) is 6.66. The van der Waals surface area contributed by atoms with Gasteiger partial charge in [-0.2, -0.15) is 0 Å². The molecule has 1 aromatic carbocycles. The molecule has 0 aliphatic heterocycles. The van der Waals surface area contributed by atoms with E-state index in [0.29, 0.717) is 0 Å². The van der Waals surface area contributed by atoms with Gasteiger partial charge in [0.1, 0.15) is 0 Å². The van der Waals surface area contributed by atoms with E-state index in [1.54, 1.807) is 5.57 Å². The van der Waals surface area contributed by atoms with Crippen LogP contribution in [0.15, 0.2) is 29.8 Å². The Kier molecular flexibility index (Phi) is 4.19. The zero-order chi connectivity index (χ0) is 12.1. The van der Waals surface area contributed by atoms with Crippen LogP contribution in [0.2, 0.25) is 0 Å². The number of hydrogen-bond donors (Lipinski definition) is 0. The van der Waals surface area contributed by atoms with E-state index in [1.165, 1.54) is 35.3 Å². The summed E-state index contributed by atoms with van der Waals surface area (Å²) in [7, 11) is 0. The molecule has 0 unspecified atom stereocenters. The molecule has 2 rings (SSSR count). The largest absolute Gasteiger partial charge is 0.0726 e. The first kappa shape index (κ1) is 12.2. The lowest BCUT2D eigenvalue weighted by atomic mass is 10.1. The highest BCUT2D eigenvalue weighted by Gasteiger charge is 2.00. The van der Waals surface area contributed by atoms with Crippen LogP contribution in [0.5, 0.6) is 0 Å².